The monoisotopic (exact) mass is 461 g/mol. The fraction of sp³-hybridized carbons (Fsp3) is 0.520. The van der Waals surface area contributed by atoms with Gasteiger partial charge in [0, 0.05) is 36.7 Å². The van der Waals surface area contributed by atoms with Crippen LogP contribution in [0.3, 0.4) is 0 Å². The molecule has 34 heavy (non-hydrogen) atoms. The molecule has 2 atom stereocenters. The zero-order valence-corrected chi connectivity index (χ0v) is 19.3. The number of aromatic nitrogens is 4. The third-order valence-electron chi connectivity index (χ3n) is 7.74. The summed E-state index contributed by atoms with van der Waals surface area (Å²) in [4.78, 5) is 30.9. The zero-order valence-electron chi connectivity index (χ0n) is 19.3. The number of pyridine rings is 2. The van der Waals surface area contributed by atoms with Gasteiger partial charge in [0.1, 0.15) is 17.4 Å². The van der Waals surface area contributed by atoms with Crippen LogP contribution in [0.25, 0.3) is 11.0 Å². The summed E-state index contributed by atoms with van der Waals surface area (Å²) in [6.45, 7) is 4.88. The van der Waals surface area contributed by atoms with Crippen LogP contribution in [0.4, 0.5) is 5.69 Å². The standard InChI is InChI=1S/C25H27N5O4/c1-14-8-19(14)29-7-3-4-18(23(29)32)26-21(31)17-9-15-10-30(25-11-24(2,12-25)33-13-25)28-20(15)27-22(17)34-16-5-6-16/h3-4,7,9-10,14,16,19H,5-6,8,11-13H2,1-2H3,(H,26,31)/t14-,19+,24?,25?/m1/s1. The first-order valence-electron chi connectivity index (χ1n) is 12.1. The average Bonchev–Trinajstić information content (AvgIpc) is 3.62. The quantitative estimate of drug-likeness (QED) is 0.605. The van der Waals surface area contributed by atoms with E-state index in [1.54, 1.807) is 29.0 Å². The Morgan fingerprint density at radius 2 is 2.12 bits per heavy atom. The average molecular weight is 462 g/mol. The molecule has 3 saturated carbocycles. The first kappa shape index (κ1) is 20.2. The van der Waals surface area contributed by atoms with E-state index in [-0.39, 0.29) is 40.4 Å². The summed E-state index contributed by atoms with van der Waals surface area (Å²) in [6, 6.07) is 5.41. The van der Waals surface area contributed by atoms with Crippen LogP contribution >= 0.6 is 0 Å². The van der Waals surface area contributed by atoms with E-state index in [9.17, 15) is 9.59 Å². The second kappa shape index (κ2) is 6.69. The van der Waals surface area contributed by atoms with E-state index < -0.39 is 5.91 Å². The van der Waals surface area contributed by atoms with Gasteiger partial charge >= 0.3 is 0 Å². The number of nitrogens with zero attached hydrogens (tertiary/aromatic N) is 4. The van der Waals surface area contributed by atoms with Gasteiger partial charge in [-0.15, -0.1) is 0 Å². The lowest BCUT2D eigenvalue weighted by Gasteiger charge is -2.42. The topological polar surface area (TPSA) is 100 Å². The Bertz CT molecular complexity index is 1400. The maximum atomic E-state index is 13.3. The minimum absolute atomic E-state index is 0.0578. The second-order valence-corrected chi connectivity index (χ2v) is 10.8. The van der Waals surface area contributed by atoms with E-state index in [0.717, 1.165) is 37.5 Å². The van der Waals surface area contributed by atoms with Gasteiger partial charge in [-0.3, -0.25) is 14.3 Å². The van der Waals surface area contributed by atoms with Crippen molar-refractivity contribution in [2.45, 2.75) is 69.2 Å². The van der Waals surface area contributed by atoms with Crippen molar-refractivity contribution in [3.8, 4) is 5.88 Å². The minimum atomic E-state index is -0.407. The summed E-state index contributed by atoms with van der Waals surface area (Å²) in [5.41, 5.74) is 0.738. The van der Waals surface area contributed by atoms with E-state index in [1.165, 1.54) is 0 Å². The molecule has 3 aliphatic carbocycles. The molecule has 3 aromatic heterocycles. The number of carbonyl (C=O) groups excluding carboxylic acids is 1. The number of ether oxygens (including phenoxy) is 2. The number of hydrogen-bond acceptors (Lipinski definition) is 6. The Labute approximate surface area is 196 Å². The highest BCUT2D eigenvalue weighted by Crippen LogP contribution is 2.55. The molecule has 0 radical (unpaired) electrons. The third-order valence-corrected chi connectivity index (χ3v) is 7.74. The number of fused-ring (bicyclic) bond motifs is 2. The molecule has 3 aromatic rings. The molecule has 5 aliphatic rings. The van der Waals surface area contributed by atoms with Gasteiger partial charge in [-0.05, 0) is 50.3 Å². The van der Waals surface area contributed by atoms with Gasteiger partial charge < -0.3 is 19.4 Å². The van der Waals surface area contributed by atoms with Crippen LogP contribution in [0.15, 0.2) is 35.4 Å². The lowest BCUT2D eigenvalue weighted by Crippen LogP contribution is -2.49. The highest BCUT2D eigenvalue weighted by molar-refractivity contribution is 6.07. The molecule has 0 aromatic carbocycles. The molecule has 2 saturated heterocycles. The van der Waals surface area contributed by atoms with Gasteiger partial charge in [-0.1, -0.05) is 6.92 Å². The van der Waals surface area contributed by atoms with Crippen LogP contribution in [-0.4, -0.2) is 43.6 Å². The first-order valence-corrected chi connectivity index (χ1v) is 12.1. The number of hydrogen-bond donors (Lipinski definition) is 1. The van der Waals surface area contributed by atoms with Gasteiger partial charge in [0.05, 0.1) is 17.7 Å². The molecule has 8 rings (SSSR count). The normalized spacial score (nSPS) is 31.4. The van der Waals surface area contributed by atoms with Crippen molar-refractivity contribution in [3.05, 3.63) is 46.5 Å². The lowest BCUT2D eigenvalue weighted by atomic mass is 9.69. The number of carbonyl (C=O) groups is 1. The summed E-state index contributed by atoms with van der Waals surface area (Å²) in [5, 5.41) is 8.30. The molecular weight excluding hydrogens is 434 g/mol. The van der Waals surface area contributed by atoms with Crippen molar-refractivity contribution in [3.63, 3.8) is 0 Å². The van der Waals surface area contributed by atoms with Crippen LogP contribution in [0.2, 0.25) is 0 Å². The van der Waals surface area contributed by atoms with Crippen LogP contribution in [0, 0.1) is 5.92 Å². The van der Waals surface area contributed by atoms with E-state index in [1.807, 2.05) is 10.9 Å². The molecular formula is C25H27N5O4. The van der Waals surface area contributed by atoms with Crippen LogP contribution in [0.1, 0.15) is 62.4 Å². The molecule has 9 heteroatoms. The summed E-state index contributed by atoms with van der Waals surface area (Å²) in [5.74, 6) is 0.335. The molecule has 2 bridgehead atoms. The highest BCUT2D eigenvalue weighted by Gasteiger charge is 2.61. The van der Waals surface area contributed by atoms with Crippen LogP contribution < -0.4 is 15.6 Å². The van der Waals surface area contributed by atoms with Crippen LogP contribution in [0.5, 0.6) is 5.88 Å². The summed E-state index contributed by atoms with van der Waals surface area (Å²) < 4.78 is 15.6. The zero-order chi connectivity index (χ0) is 23.2. The predicted octanol–water partition coefficient (Wildman–Crippen LogP) is 3.25. The van der Waals surface area contributed by atoms with Gasteiger partial charge in [0.2, 0.25) is 5.88 Å². The van der Waals surface area contributed by atoms with Crippen molar-refractivity contribution in [2.75, 3.05) is 11.9 Å². The number of anilines is 1. The highest BCUT2D eigenvalue weighted by atomic mass is 16.5. The Hall–Kier alpha value is -3.20. The molecule has 5 heterocycles. The fourth-order valence-corrected chi connectivity index (χ4v) is 5.61. The molecule has 5 fully saturated rings. The van der Waals surface area contributed by atoms with Crippen LogP contribution in [-0.2, 0) is 10.3 Å². The number of nitrogens with one attached hydrogen (secondary N) is 1. The summed E-state index contributed by atoms with van der Waals surface area (Å²) in [7, 11) is 0. The van der Waals surface area contributed by atoms with Gasteiger partial charge in [0.25, 0.3) is 11.5 Å². The lowest BCUT2D eigenvalue weighted by molar-refractivity contribution is 0.00381. The van der Waals surface area contributed by atoms with Crippen molar-refractivity contribution >= 4 is 22.6 Å². The van der Waals surface area contributed by atoms with Crippen molar-refractivity contribution in [1.29, 1.82) is 0 Å². The molecule has 9 nitrogen and oxygen atoms in total. The largest absolute Gasteiger partial charge is 0.474 e. The van der Waals surface area contributed by atoms with Crippen molar-refractivity contribution in [1.82, 2.24) is 19.3 Å². The van der Waals surface area contributed by atoms with E-state index >= 15 is 0 Å². The maximum absolute atomic E-state index is 13.3. The Kier molecular flexibility index (Phi) is 3.97. The molecule has 176 valence electrons. The summed E-state index contributed by atoms with van der Waals surface area (Å²) >= 11 is 0. The predicted molar refractivity (Wildman–Crippen MR) is 124 cm³/mol. The smallest absolute Gasteiger partial charge is 0.274 e. The van der Waals surface area contributed by atoms with Gasteiger partial charge in [-0.2, -0.15) is 10.1 Å². The third kappa shape index (κ3) is 3.10. The van der Waals surface area contributed by atoms with E-state index in [4.69, 9.17) is 14.6 Å². The first-order chi connectivity index (χ1) is 16.3. The fourth-order valence-electron chi connectivity index (χ4n) is 5.61. The van der Waals surface area contributed by atoms with Gasteiger partial charge in [-0.25, -0.2) is 0 Å². The Morgan fingerprint density at radius 1 is 1.32 bits per heavy atom. The minimum Gasteiger partial charge on any atom is -0.474 e. The molecule has 0 unspecified atom stereocenters. The van der Waals surface area contributed by atoms with Crippen molar-refractivity contribution < 1.29 is 14.3 Å². The molecule has 1 N–H and O–H groups in total. The Balaban J connectivity index is 1.23. The Morgan fingerprint density at radius 3 is 2.79 bits per heavy atom. The summed E-state index contributed by atoms with van der Waals surface area (Å²) in [6.07, 6.45) is 8.50. The van der Waals surface area contributed by atoms with E-state index in [0.29, 0.717) is 23.7 Å². The molecule has 0 spiro atoms. The molecule has 1 amide bonds. The number of rotatable bonds is 6. The maximum Gasteiger partial charge on any atom is 0.274 e. The van der Waals surface area contributed by atoms with Gasteiger partial charge in [0.15, 0.2) is 5.65 Å². The SMILES string of the molecule is C[C@@H]1C[C@@H]1n1cccc(NC(=O)c2cc3cn(C45COC(C)(C4)C5)nc3nc2OC2CC2)c1=O. The second-order valence-electron chi connectivity index (χ2n) is 10.8. The molecule has 2 aliphatic heterocycles. The van der Waals surface area contributed by atoms with Crippen molar-refractivity contribution in [2.24, 2.45) is 5.92 Å². The van der Waals surface area contributed by atoms with E-state index in [2.05, 4.69) is 24.1 Å². The number of amides is 1.